The van der Waals surface area contributed by atoms with Gasteiger partial charge in [-0.2, -0.15) is 0 Å². The van der Waals surface area contributed by atoms with Gasteiger partial charge in [0.2, 0.25) is 5.91 Å². The smallest absolute Gasteiger partial charge is 0.226 e. The minimum Gasteiger partial charge on any atom is -0.372 e. The standard InChI is InChI=1S/C11H19NO4S/c1-8-5-12(6-9(2)16-8)11(13)10-3-4-17(14,15)7-10/h8-10H,3-7H2,1-2H3/t8-,9+,10-/m0/s1. The first-order valence-electron chi connectivity index (χ1n) is 6.02. The van der Waals surface area contributed by atoms with Crippen molar-refractivity contribution < 1.29 is 17.9 Å². The van der Waals surface area contributed by atoms with Crippen molar-refractivity contribution in [1.29, 1.82) is 0 Å². The van der Waals surface area contributed by atoms with E-state index in [-0.39, 0.29) is 35.5 Å². The highest BCUT2D eigenvalue weighted by molar-refractivity contribution is 7.91. The molecule has 0 unspecified atom stereocenters. The van der Waals surface area contributed by atoms with Crippen molar-refractivity contribution in [3.63, 3.8) is 0 Å². The normalized spacial score (nSPS) is 37.1. The van der Waals surface area contributed by atoms with Crippen LogP contribution >= 0.6 is 0 Å². The summed E-state index contributed by atoms with van der Waals surface area (Å²) in [5.74, 6) is -0.185. The fourth-order valence-electron chi connectivity index (χ4n) is 2.61. The van der Waals surface area contributed by atoms with E-state index in [9.17, 15) is 13.2 Å². The average molecular weight is 261 g/mol. The van der Waals surface area contributed by atoms with Crippen LogP contribution in [0, 0.1) is 5.92 Å². The third kappa shape index (κ3) is 2.98. The fourth-order valence-corrected chi connectivity index (χ4v) is 4.34. The number of rotatable bonds is 1. The number of carbonyl (C=O) groups excluding carboxylic acids is 1. The number of amides is 1. The monoisotopic (exact) mass is 261 g/mol. The molecule has 5 nitrogen and oxygen atoms in total. The van der Waals surface area contributed by atoms with Crippen molar-refractivity contribution in [2.75, 3.05) is 24.6 Å². The van der Waals surface area contributed by atoms with Crippen LogP contribution in [0.5, 0.6) is 0 Å². The zero-order valence-corrected chi connectivity index (χ0v) is 11.1. The predicted octanol–water partition coefficient (Wildman–Crippen LogP) is 0.0569. The molecule has 2 aliphatic rings. The van der Waals surface area contributed by atoms with E-state index in [2.05, 4.69) is 0 Å². The lowest BCUT2D eigenvalue weighted by molar-refractivity contribution is -0.146. The lowest BCUT2D eigenvalue weighted by atomic mass is 10.1. The van der Waals surface area contributed by atoms with Gasteiger partial charge in [0, 0.05) is 13.1 Å². The van der Waals surface area contributed by atoms with Gasteiger partial charge in [0.05, 0.1) is 29.6 Å². The summed E-state index contributed by atoms with van der Waals surface area (Å²) in [5, 5.41) is 0. The summed E-state index contributed by atoms with van der Waals surface area (Å²) in [4.78, 5) is 13.9. The molecule has 0 aromatic rings. The molecule has 0 saturated carbocycles. The Labute approximate surface area is 102 Å². The highest BCUT2D eigenvalue weighted by atomic mass is 32.2. The summed E-state index contributed by atoms with van der Waals surface area (Å²) in [7, 11) is -2.98. The third-order valence-electron chi connectivity index (χ3n) is 3.31. The molecule has 98 valence electrons. The van der Waals surface area contributed by atoms with Crippen molar-refractivity contribution in [2.24, 2.45) is 5.92 Å². The summed E-state index contributed by atoms with van der Waals surface area (Å²) in [6, 6.07) is 0. The van der Waals surface area contributed by atoms with E-state index in [1.54, 1.807) is 4.90 Å². The molecule has 0 aromatic heterocycles. The first kappa shape index (κ1) is 12.8. The molecule has 17 heavy (non-hydrogen) atoms. The zero-order chi connectivity index (χ0) is 12.6. The van der Waals surface area contributed by atoms with Gasteiger partial charge >= 0.3 is 0 Å². The van der Waals surface area contributed by atoms with Crippen molar-refractivity contribution >= 4 is 15.7 Å². The van der Waals surface area contributed by atoms with Gasteiger partial charge in [-0.1, -0.05) is 0 Å². The van der Waals surface area contributed by atoms with Crippen LogP contribution in [-0.2, 0) is 19.4 Å². The first-order chi connectivity index (χ1) is 7.87. The molecule has 0 radical (unpaired) electrons. The second-order valence-electron chi connectivity index (χ2n) is 5.10. The van der Waals surface area contributed by atoms with Gasteiger partial charge in [-0.3, -0.25) is 4.79 Å². The molecule has 6 heteroatoms. The van der Waals surface area contributed by atoms with Crippen LogP contribution < -0.4 is 0 Å². The van der Waals surface area contributed by atoms with Crippen molar-refractivity contribution in [2.45, 2.75) is 32.5 Å². The molecule has 1 amide bonds. The highest BCUT2D eigenvalue weighted by Crippen LogP contribution is 2.22. The van der Waals surface area contributed by atoms with Crippen molar-refractivity contribution in [3.05, 3.63) is 0 Å². The molecule has 2 fully saturated rings. The number of carbonyl (C=O) groups is 1. The molecule has 0 aromatic carbocycles. The van der Waals surface area contributed by atoms with Crippen LogP contribution in [0.1, 0.15) is 20.3 Å². The molecule has 0 spiro atoms. The molecular weight excluding hydrogens is 242 g/mol. The third-order valence-corrected chi connectivity index (χ3v) is 5.08. The second-order valence-corrected chi connectivity index (χ2v) is 7.33. The minimum atomic E-state index is -2.98. The molecule has 2 saturated heterocycles. The lowest BCUT2D eigenvalue weighted by Crippen LogP contribution is -2.50. The molecule has 2 rings (SSSR count). The lowest BCUT2D eigenvalue weighted by Gasteiger charge is -2.36. The Bertz CT molecular complexity index is 396. The quantitative estimate of drug-likeness (QED) is 0.669. The summed E-state index contributed by atoms with van der Waals surface area (Å²) >= 11 is 0. The molecule has 2 aliphatic heterocycles. The number of ether oxygens (including phenoxy) is 1. The Morgan fingerprint density at radius 3 is 2.29 bits per heavy atom. The largest absolute Gasteiger partial charge is 0.372 e. The molecule has 0 N–H and O–H groups in total. The molecule has 2 heterocycles. The zero-order valence-electron chi connectivity index (χ0n) is 10.3. The van der Waals surface area contributed by atoms with Crippen LogP contribution in [0.4, 0.5) is 0 Å². The van der Waals surface area contributed by atoms with Gasteiger partial charge in [0.1, 0.15) is 0 Å². The number of hydrogen-bond donors (Lipinski definition) is 0. The summed E-state index contributed by atoms with van der Waals surface area (Å²) < 4.78 is 28.3. The minimum absolute atomic E-state index is 0.0198. The summed E-state index contributed by atoms with van der Waals surface area (Å²) in [6.07, 6.45) is 0.530. The Morgan fingerprint density at radius 1 is 1.24 bits per heavy atom. The maximum Gasteiger partial charge on any atom is 0.226 e. The maximum atomic E-state index is 12.2. The van der Waals surface area contributed by atoms with E-state index in [0.717, 1.165) is 0 Å². The highest BCUT2D eigenvalue weighted by Gasteiger charge is 2.37. The van der Waals surface area contributed by atoms with Gasteiger partial charge in [-0.25, -0.2) is 8.42 Å². The van der Waals surface area contributed by atoms with Crippen molar-refractivity contribution in [1.82, 2.24) is 4.90 Å². The number of sulfone groups is 1. The van der Waals surface area contributed by atoms with Gasteiger partial charge < -0.3 is 9.64 Å². The van der Waals surface area contributed by atoms with Gasteiger partial charge in [-0.05, 0) is 20.3 Å². The van der Waals surface area contributed by atoms with Crippen molar-refractivity contribution in [3.8, 4) is 0 Å². The summed E-state index contributed by atoms with van der Waals surface area (Å²) in [5.41, 5.74) is 0. The van der Waals surface area contributed by atoms with Crippen LogP contribution in [0.3, 0.4) is 0 Å². The molecule has 0 aliphatic carbocycles. The van der Waals surface area contributed by atoms with Crippen LogP contribution in [0.2, 0.25) is 0 Å². The van der Waals surface area contributed by atoms with Crippen LogP contribution in [0.15, 0.2) is 0 Å². The molecular formula is C11H19NO4S. The number of morpholine rings is 1. The van der Waals surface area contributed by atoms with E-state index in [1.165, 1.54) is 0 Å². The van der Waals surface area contributed by atoms with E-state index in [1.807, 2.05) is 13.8 Å². The maximum absolute atomic E-state index is 12.2. The van der Waals surface area contributed by atoms with Gasteiger partial charge in [0.25, 0.3) is 0 Å². The van der Waals surface area contributed by atoms with Gasteiger partial charge in [0.15, 0.2) is 9.84 Å². The number of hydrogen-bond acceptors (Lipinski definition) is 4. The average Bonchev–Trinajstić information content (AvgIpc) is 2.56. The number of nitrogens with zero attached hydrogens (tertiary/aromatic N) is 1. The Kier molecular flexibility index (Phi) is 3.45. The predicted molar refractivity (Wildman–Crippen MR) is 63.3 cm³/mol. The second kappa shape index (κ2) is 4.57. The molecule has 0 bridgehead atoms. The topological polar surface area (TPSA) is 63.7 Å². The molecule has 3 atom stereocenters. The first-order valence-corrected chi connectivity index (χ1v) is 7.84. The van der Waals surface area contributed by atoms with E-state index in [0.29, 0.717) is 19.5 Å². The van der Waals surface area contributed by atoms with Crippen LogP contribution in [0.25, 0.3) is 0 Å². The Morgan fingerprint density at radius 2 is 1.82 bits per heavy atom. The SMILES string of the molecule is C[C@@H]1CN(C(=O)[C@H]2CCS(=O)(=O)C2)C[C@H](C)O1. The summed E-state index contributed by atoms with van der Waals surface area (Å²) in [6.45, 7) is 5.00. The Balaban J connectivity index is 2.00. The van der Waals surface area contributed by atoms with E-state index in [4.69, 9.17) is 4.74 Å². The van der Waals surface area contributed by atoms with E-state index < -0.39 is 9.84 Å². The van der Waals surface area contributed by atoms with Gasteiger partial charge in [-0.15, -0.1) is 0 Å². The Hall–Kier alpha value is -0.620. The fraction of sp³-hybridized carbons (Fsp3) is 0.909. The van der Waals surface area contributed by atoms with Crippen LogP contribution in [-0.4, -0.2) is 56.0 Å². The van der Waals surface area contributed by atoms with E-state index >= 15 is 0 Å².